The van der Waals surface area contributed by atoms with Gasteiger partial charge in [-0.1, -0.05) is 0 Å². The second-order valence-corrected chi connectivity index (χ2v) is 2.92. The molecule has 0 spiro atoms. The molecule has 0 atom stereocenters. The predicted octanol–water partition coefficient (Wildman–Crippen LogP) is 1.08. The van der Waals surface area contributed by atoms with Crippen molar-refractivity contribution in [3.63, 3.8) is 0 Å². The minimum absolute atomic E-state index is 0.00176. The zero-order valence-electron chi connectivity index (χ0n) is 7.28. The van der Waals surface area contributed by atoms with Gasteiger partial charge in [-0.2, -0.15) is 0 Å². The lowest BCUT2D eigenvalue weighted by molar-refractivity contribution is 0.561. The van der Waals surface area contributed by atoms with Crippen molar-refractivity contribution in [2.75, 3.05) is 0 Å². The van der Waals surface area contributed by atoms with Crippen LogP contribution in [0.25, 0.3) is 11.0 Å². The highest BCUT2D eigenvalue weighted by Crippen LogP contribution is 2.13. The van der Waals surface area contributed by atoms with E-state index in [4.69, 9.17) is 15.6 Å². The van der Waals surface area contributed by atoms with E-state index < -0.39 is 0 Å². The van der Waals surface area contributed by atoms with E-state index in [9.17, 15) is 4.79 Å². The maximum Gasteiger partial charge on any atom is 0.336 e. The number of hydrogen-bond acceptors (Lipinski definition) is 3. The molecule has 0 radical (unpaired) electrons. The monoisotopic (exact) mass is 188 g/mol. The number of benzene rings is 1. The van der Waals surface area contributed by atoms with E-state index in [-0.39, 0.29) is 11.5 Å². The van der Waals surface area contributed by atoms with E-state index in [2.05, 4.69) is 0 Å². The zero-order chi connectivity index (χ0) is 10.1. The molecule has 3 N–H and O–H groups in total. The van der Waals surface area contributed by atoms with E-state index in [1.165, 1.54) is 6.07 Å². The molecule has 4 nitrogen and oxygen atoms in total. The van der Waals surface area contributed by atoms with Crippen LogP contribution in [0.4, 0.5) is 0 Å². The summed E-state index contributed by atoms with van der Waals surface area (Å²) >= 11 is 0. The fraction of sp³-hybridized carbons (Fsp3) is 0. The Morgan fingerprint density at radius 2 is 2.07 bits per heavy atom. The molecule has 0 aliphatic carbocycles. The molecule has 0 saturated carbocycles. The Morgan fingerprint density at radius 1 is 1.29 bits per heavy atom. The standard InChI is InChI=1S/C10H8N2O2/c11-10(12)7-1-3-8-6(5-7)2-4-9(13)14-8/h1-5H,(H3,11,12). The molecule has 70 valence electrons. The van der Waals surface area contributed by atoms with Crippen LogP contribution < -0.4 is 11.4 Å². The fourth-order valence-corrected chi connectivity index (χ4v) is 1.24. The summed E-state index contributed by atoms with van der Waals surface area (Å²) in [6, 6.07) is 7.97. The van der Waals surface area contributed by atoms with Crippen molar-refractivity contribution < 1.29 is 4.42 Å². The molecule has 0 aliphatic rings. The number of fused-ring (bicyclic) bond motifs is 1. The molecule has 0 amide bonds. The third-order valence-corrected chi connectivity index (χ3v) is 1.93. The Morgan fingerprint density at radius 3 is 2.79 bits per heavy atom. The van der Waals surface area contributed by atoms with Crippen molar-refractivity contribution in [1.82, 2.24) is 0 Å². The van der Waals surface area contributed by atoms with E-state index in [1.807, 2.05) is 0 Å². The van der Waals surface area contributed by atoms with Crippen LogP contribution in [-0.2, 0) is 0 Å². The molecule has 4 heteroatoms. The topological polar surface area (TPSA) is 80.1 Å². The second-order valence-electron chi connectivity index (χ2n) is 2.92. The van der Waals surface area contributed by atoms with E-state index in [0.717, 1.165) is 5.39 Å². The fourth-order valence-electron chi connectivity index (χ4n) is 1.24. The molecule has 2 aromatic rings. The molecule has 14 heavy (non-hydrogen) atoms. The van der Waals surface area contributed by atoms with Crippen LogP contribution in [0.5, 0.6) is 0 Å². The number of rotatable bonds is 1. The van der Waals surface area contributed by atoms with Crippen LogP contribution >= 0.6 is 0 Å². The smallest absolute Gasteiger partial charge is 0.336 e. The Balaban J connectivity index is 2.73. The van der Waals surface area contributed by atoms with E-state index >= 15 is 0 Å². The van der Waals surface area contributed by atoms with Crippen molar-refractivity contribution in [2.24, 2.45) is 5.73 Å². The molecule has 0 saturated heterocycles. The maximum atomic E-state index is 10.9. The number of nitrogen functional groups attached to an aromatic ring is 1. The predicted molar refractivity (Wildman–Crippen MR) is 53.5 cm³/mol. The maximum absolute atomic E-state index is 10.9. The molecule has 0 aliphatic heterocycles. The lowest BCUT2D eigenvalue weighted by atomic mass is 10.1. The second kappa shape index (κ2) is 2.99. The Bertz CT molecular complexity index is 557. The van der Waals surface area contributed by atoms with Crippen molar-refractivity contribution >= 4 is 16.8 Å². The summed E-state index contributed by atoms with van der Waals surface area (Å²) in [6.07, 6.45) is 0. The first-order valence-electron chi connectivity index (χ1n) is 4.05. The number of nitrogens with two attached hydrogens (primary N) is 1. The van der Waals surface area contributed by atoms with Gasteiger partial charge >= 0.3 is 5.63 Å². The SMILES string of the molecule is N=C(N)c1ccc2oc(=O)ccc2c1. The molecular weight excluding hydrogens is 180 g/mol. The van der Waals surface area contributed by atoms with Gasteiger partial charge in [0.25, 0.3) is 0 Å². The third kappa shape index (κ3) is 1.37. The van der Waals surface area contributed by atoms with Crippen LogP contribution in [0, 0.1) is 5.41 Å². The first-order valence-corrected chi connectivity index (χ1v) is 4.05. The summed E-state index contributed by atoms with van der Waals surface area (Å²) < 4.78 is 4.93. The summed E-state index contributed by atoms with van der Waals surface area (Å²) in [6.45, 7) is 0. The van der Waals surface area contributed by atoms with Crippen LogP contribution in [-0.4, -0.2) is 5.84 Å². The van der Waals surface area contributed by atoms with Crippen molar-refractivity contribution in [3.05, 3.63) is 46.3 Å². The van der Waals surface area contributed by atoms with Gasteiger partial charge in [-0.05, 0) is 24.3 Å². The summed E-state index contributed by atoms with van der Waals surface area (Å²) in [7, 11) is 0. The summed E-state index contributed by atoms with van der Waals surface area (Å²) in [5.41, 5.74) is 6.06. The van der Waals surface area contributed by atoms with Gasteiger partial charge in [-0.3, -0.25) is 5.41 Å². The van der Waals surface area contributed by atoms with Crippen molar-refractivity contribution in [3.8, 4) is 0 Å². The Labute approximate surface area is 79.5 Å². The first kappa shape index (κ1) is 8.50. The van der Waals surface area contributed by atoms with Crippen molar-refractivity contribution in [1.29, 1.82) is 5.41 Å². The van der Waals surface area contributed by atoms with Gasteiger partial charge < -0.3 is 10.2 Å². The van der Waals surface area contributed by atoms with Crippen LogP contribution in [0.3, 0.4) is 0 Å². The number of hydrogen-bond donors (Lipinski definition) is 2. The lowest BCUT2D eigenvalue weighted by Gasteiger charge is -1.99. The number of amidine groups is 1. The highest BCUT2D eigenvalue weighted by molar-refractivity contribution is 5.98. The molecule has 1 aromatic heterocycles. The highest BCUT2D eigenvalue weighted by Gasteiger charge is 2.00. The zero-order valence-corrected chi connectivity index (χ0v) is 7.28. The van der Waals surface area contributed by atoms with Gasteiger partial charge in [-0.15, -0.1) is 0 Å². The highest BCUT2D eigenvalue weighted by atomic mass is 16.4. The lowest BCUT2D eigenvalue weighted by Crippen LogP contribution is -2.10. The minimum atomic E-state index is -0.381. The van der Waals surface area contributed by atoms with Gasteiger partial charge in [0.05, 0.1) is 0 Å². The van der Waals surface area contributed by atoms with Gasteiger partial charge in [0.2, 0.25) is 0 Å². The average Bonchev–Trinajstić information content (AvgIpc) is 2.16. The van der Waals surface area contributed by atoms with Gasteiger partial charge in [0.1, 0.15) is 11.4 Å². The van der Waals surface area contributed by atoms with Crippen LogP contribution in [0.1, 0.15) is 5.56 Å². The molecular formula is C10H8N2O2. The molecule has 0 unspecified atom stereocenters. The summed E-state index contributed by atoms with van der Waals surface area (Å²) in [5.74, 6) is -0.00176. The molecule has 2 rings (SSSR count). The summed E-state index contributed by atoms with van der Waals surface area (Å²) in [5, 5.41) is 8.00. The van der Waals surface area contributed by atoms with Crippen molar-refractivity contribution in [2.45, 2.75) is 0 Å². The number of nitrogens with one attached hydrogen (secondary N) is 1. The summed E-state index contributed by atoms with van der Waals surface area (Å²) in [4.78, 5) is 10.9. The Hall–Kier alpha value is -2.10. The Kier molecular flexibility index (Phi) is 1.81. The van der Waals surface area contributed by atoms with E-state index in [1.54, 1.807) is 24.3 Å². The van der Waals surface area contributed by atoms with Gasteiger partial charge in [0, 0.05) is 17.0 Å². The molecule has 0 fully saturated rings. The largest absolute Gasteiger partial charge is 0.423 e. The van der Waals surface area contributed by atoms with Gasteiger partial charge in [-0.25, -0.2) is 4.79 Å². The molecule has 1 aromatic carbocycles. The molecule has 0 bridgehead atoms. The minimum Gasteiger partial charge on any atom is -0.423 e. The van der Waals surface area contributed by atoms with Crippen LogP contribution in [0.15, 0.2) is 39.5 Å². The van der Waals surface area contributed by atoms with E-state index in [0.29, 0.717) is 11.1 Å². The normalized spacial score (nSPS) is 10.3. The van der Waals surface area contributed by atoms with Gasteiger partial charge in [0.15, 0.2) is 0 Å². The third-order valence-electron chi connectivity index (χ3n) is 1.93. The van der Waals surface area contributed by atoms with Crippen LogP contribution in [0.2, 0.25) is 0 Å². The first-order chi connectivity index (χ1) is 6.66. The molecule has 1 heterocycles. The quantitative estimate of drug-likeness (QED) is 0.399. The average molecular weight is 188 g/mol.